The summed E-state index contributed by atoms with van der Waals surface area (Å²) in [5.74, 6) is -2.90. The van der Waals surface area contributed by atoms with E-state index in [9.17, 15) is 25.2 Å². The molecule has 0 aromatic heterocycles. The molecule has 0 unspecified atom stereocenters. The van der Waals surface area contributed by atoms with Crippen LogP contribution in [0.3, 0.4) is 0 Å². The van der Waals surface area contributed by atoms with E-state index in [1.54, 1.807) is 42.5 Å². The Morgan fingerprint density at radius 2 is 1.59 bits per heavy atom. The number of aliphatic hydroxyl groups is 2. The van der Waals surface area contributed by atoms with E-state index in [0.717, 1.165) is 6.92 Å². The fourth-order valence-electron chi connectivity index (χ4n) is 2.80. The van der Waals surface area contributed by atoms with Gasteiger partial charge in [0.1, 0.15) is 11.5 Å². The van der Waals surface area contributed by atoms with E-state index in [-0.39, 0.29) is 34.1 Å². The monoisotopic (exact) mass is 365 g/mol. The van der Waals surface area contributed by atoms with Crippen molar-refractivity contribution in [3.05, 3.63) is 77.9 Å². The topological polar surface area (TPSA) is 110 Å². The van der Waals surface area contributed by atoms with Gasteiger partial charge in [0.05, 0.1) is 5.56 Å². The Kier molecular flexibility index (Phi) is 4.85. The molecule has 3 rings (SSSR count). The van der Waals surface area contributed by atoms with E-state index < -0.39 is 5.91 Å². The van der Waals surface area contributed by atoms with Gasteiger partial charge in [-0.2, -0.15) is 0 Å². The van der Waals surface area contributed by atoms with Crippen LogP contribution in [-0.2, 0) is 0 Å². The third-order valence-corrected chi connectivity index (χ3v) is 3.99. The van der Waals surface area contributed by atoms with Gasteiger partial charge in [0, 0.05) is 35.4 Å². The Labute approximate surface area is 156 Å². The molecule has 138 valence electrons. The Morgan fingerprint density at radius 1 is 0.889 bits per heavy atom. The van der Waals surface area contributed by atoms with Gasteiger partial charge in [-0.3, -0.25) is 4.79 Å². The number of hydrogen-bond donors (Lipinski definition) is 5. The van der Waals surface area contributed by atoms with Crippen LogP contribution in [0, 0.1) is 0 Å². The highest BCUT2D eigenvalue weighted by Gasteiger charge is 2.19. The maximum Gasteiger partial charge on any atom is 0.241 e. The van der Waals surface area contributed by atoms with Crippen LogP contribution in [0.15, 0.2) is 66.7 Å². The molecule has 0 fully saturated rings. The fraction of sp³-hybridized carbons (Fsp3) is 0.0952. The first-order chi connectivity index (χ1) is 12.8. The summed E-state index contributed by atoms with van der Waals surface area (Å²) in [5, 5.41) is 42.1. The van der Waals surface area contributed by atoms with E-state index in [2.05, 4.69) is 5.32 Å². The Hall–Kier alpha value is -3.35. The molecule has 0 saturated carbocycles. The zero-order chi connectivity index (χ0) is 19.6. The lowest BCUT2D eigenvalue weighted by atomic mass is 9.96. The zero-order valence-corrected chi connectivity index (χ0v) is 14.5. The minimum atomic E-state index is -2.14. The third-order valence-electron chi connectivity index (χ3n) is 3.99. The summed E-state index contributed by atoms with van der Waals surface area (Å²) in [6.07, 6.45) is 0. The van der Waals surface area contributed by atoms with E-state index >= 15 is 0 Å². The molecule has 0 amide bonds. The second-order valence-corrected chi connectivity index (χ2v) is 6.27. The lowest BCUT2D eigenvalue weighted by molar-refractivity contribution is -0.118. The van der Waals surface area contributed by atoms with Crippen LogP contribution in [0.4, 0.5) is 5.69 Å². The summed E-state index contributed by atoms with van der Waals surface area (Å²) in [6.45, 7) is 1.14. The first-order valence-electron chi connectivity index (χ1n) is 8.24. The summed E-state index contributed by atoms with van der Waals surface area (Å²) in [7, 11) is 0. The highest BCUT2D eigenvalue weighted by molar-refractivity contribution is 6.11. The Morgan fingerprint density at radius 3 is 2.22 bits per heavy atom. The number of para-hydroxylation sites is 1. The van der Waals surface area contributed by atoms with Gasteiger partial charge < -0.3 is 25.7 Å². The molecule has 0 heterocycles. The molecule has 5 N–H and O–H groups in total. The number of anilines is 1. The summed E-state index contributed by atoms with van der Waals surface area (Å²) >= 11 is 0. The van der Waals surface area contributed by atoms with Gasteiger partial charge >= 0.3 is 0 Å². The number of ketones is 1. The fourth-order valence-corrected chi connectivity index (χ4v) is 2.80. The van der Waals surface area contributed by atoms with E-state index in [0.29, 0.717) is 11.1 Å². The van der Waals surface area contributed by atoms with Crippen LogP contribution < -0.4 is 5.32 Å². The summed E-state index contributed by atoms with van der Waals surface area (Å²) in [6, 6.07) is 17.6. The van der Waals surface area contributed by atoms with Gasteiger partial charge in [-0.05, 0) is 18.2 Å². The summed E-state index contributed by atoms with van der Waals surface area (Å²) in [5.41, 5.74) is 1.44. The van der Waals surface area contributed by atoms with Crippen LogP contribution in [0.1, 0.15) is 22.8 Å². The first kappa shape index (κ1) is 18.4. The summed E-state index contributed by atoms with van der Waals surface area (Å²) < 4.78 is 0. The van der Waals surface area contributed by atoms with Gasteiger partial charge in [-0.15, -0.1) is 0 Å². The molecule has 0 aliphatic heterocycles. The zero-order valence-electron chi connectivity index (χ0n) is 14.5. The van der Waals surface area contributed by atoms with Crippen molar-refractivity contribution in [2.24, 2.45) is 0 Å². The van der Waals surface area contributed by atoms with Crippen molar-refractivity contribution >= 4 is 11.5 Å². The van der Waals surface area contributed by atoms with E-state index in [1.165, 1.54) is 24.3 Å². The predicted octanol–water partition coefficient (Wildman–Crippen LogP) is 3.07. The van der Waals surface area contributed by atoms with Crippen molar-refractivity contribution in [2.75, 3.05) is 5.32 Å². The van der Waals surface area contributed by atoms with Crippen molar-refractivity contribution < 1.29 is 25.2 Å². The van der Waals surface area contributed by atoms with Crippen LogP contribution in [0.5, 0.6) is 11.5 Å². The van der Waals surface area contributed by atoms with Gasteiger partial charge in [0.15, 0.2) is 5.78 Å². The van der Waals surface area contributed by atoms with Crippen molar-refractivity contribution in [2.45, 2.75) is 12.8 Å². The van der Waals surface area contributed by atoms with Crippen molar-refractivity contribution in [3.8, 4) is 22.6 Å². The molecule has 0 saturated heterocycles. The van der Waals surface area contributed by atoms with E-state index in [4.69, 9.17) is 0 Å². The minimum absolute atomic E-state index is 0.124. The minimum Gasteiger partial charge on any atom is -0.507 e. The maximum atomic E-state index is 12.7. The number of carbonyl (C=O) groups is 1. The van der Waals surface area contributed by atoms with E-state index in [1.807, 2.05) is 0 Å². The highest BCUT2D eigenvalue weighted by atomic mass is 16.5. The molecule has 3 aromatic carbocycles. The molecule has 0 radical (unpaired) electrons. The number of phenols is 2. The molecule has 0 atom stereocenters. The quantitative estimate of drug-likeness (QED) is 0.351. The van der Waals surface area contributed by atoms with Crippen molar-refractivity contribution in [1.29, 1.82) is 0 Å². The average Bonchev–Trinajstić information content (AvgIpc) is 2.61. The normalized spacial score (nSPS) is 11.2. The molecule has 6 nitrogen and oxygen atoms in total. The maximum absolute atomic E-state index is 12.7. The van der Waals surface area contributed by atoms with Gasteiger partial charge in [0.2, 0.25) is 5.91 Å². The highest BCUT2D eigenvalue weighted by Crippen LogP contribution is 2.39. The van der Waals surface area contributed by atoms with Crippen LogP contribution in [0.2, 0.25) is 0 Å². The van der Waals surface area contributed by atoms with Crippen LogP contribution in [-0.4, -0.2) is 32.1 Å². The van der Waals surface area contributed by atoms with Gasteiger partial charge in [0.25, 0.3) is 0 Å². The molecule has 0 bridgehead atoms. The average molecular weight is 365 g/mol. The molecule has 0 aliphatic rings. The number of nitrogens with one attached hydrogen (secondary N) is 1. The molecular weight excluding hydrogens is 346 g/mol. The smallest absolute Gasteiger partial charge is 0.241 e. The Balaban J connectivity index is 2.00. The lowest BCUT2D eigenvalue weighted by Gasteiger charge is -2.19. The number of rotatable bonds is 5. The Bertz CT molecular complexity index is 978. The summed E-state index contributed by atoms with van der Waals surface area (Å²) in [4.78, 5) is 12.7. The van der Waals surface area contributed by atoms with Crippen LogP contribution in [0.25, 0.3) is 11.1 Å². The second-order valence-electron chi connectivity index (χ2n) is 6.27. The largest absolute Gasteiger partial charge is 0.507 e. The van der Waals surface area contributed by atoms with Gasteiger partial charge in [-0.25, -0.2) is 0 Å². The number of benzene rings is 3. The first-order valence-corrected chi connectivity index (χ1v) is 8.24. The molecule has 27 heavy (non-hydrogen) atoms. The van der Waals surface area contributed by atoms with Crippen molar-refractivity contribution in [1.82, 2.24) is 0 Å². The molecular formula is C21H19NO5. The number of carbonyl (C=O) groups excluding carboxylic acids is 1. The lowest BCUT2D eigenvalue weighted by Crippen LogP contribution is -2.33. The van der Waals surface area contributed by atoms with Crippen molar-refractivity contribution in [3.63, 3.8) is 0 Å². The standard InChI is InChI=1S/C21H19NO5/c1-21(26,27)22-14-10-11-15(18(23)12-14)16-8-5-9-17(20(16)25)19(24)13-6-3-2-4-7-13/h2-12,22-23,25-27H,1H3. The van der Waals surface area contributed by atoms with Gasteiger partial charge in [-0.1, -0.05) is 42.5 Å². The molecule has 3 aromatic rings. The number of hydrogen-bond acceptors (Lipinski definition) is 6. The third kappa shape index (κ3) is 4.08. The molecule has 0 spiro atoms. The molecule has 0 aliphatic carbocycles. The molecule has 6 heteroatoms. The number of aromatic hydroxyl groups is 2. The number of phenolic OH excluding ortho intramolecular Hbond substituents is 2. The predicted molar refractivity (Wildman–Crippen MR) is 102 cm³/mol. The second kappa shape index (κ2) is 7.11. The SMILES string of the molecule is CC(O)(O)Nc1ccc(-c2cccc(C(=O)c3ccccc3)c2O)c(O)c1. The van der Waals surface area contributed by atoms with Crippen LogP contribution >= 0.6 is 0 Å².